The molecule has 3 aromatic rings. The molecule has 178 valence electrons. The Morgan fingerprint density at radius 3 is 2.35 bits per heavy atom. The van der Waals surface area contributed by atoms with E-state index in [2.05, 4.69) is 21.2 Å². The molecular weight excluding hydrogens is 532 g/mol. The summed E-state index contributed by atoms with van der Waals surface area (Å²) in [5.74, 6) is 0.768. The van der Waals surface area contributed by atoms with Gasteiger partial charge in [0.15, 0.2) is 0 Å². The summed E-state index contributed by atoms with van der Waals surface area (Å²) in [6, 6.07) is 24.7. The van der Waals surface area contributed by atoms with Crippen LogP contribution in [0.1, 0.15) is 23.6 Å². The van der Waals surface area contributed by atoms with Crippen LogP contribution in [0.5, 0.6) is 0 Å². The van der Waals surface area contributed by atoms with Crippen LogP contribution >= 0.6 is 39.3 Å². The fraction of sp³-hybridized carbons (Fsp3) is 0.259. The summed E-state index contributed by atoms with van der Waals surface area (Å²) in [5, 5.41) is 3.52. The van der Waals surface area contributed by atoms with Gasteiger partial charge in [0, 0.05) is 34.8 Å². The third-order valence-corrected chi connectivity index (χ3v) is 7.02. The van der Waals surface area contributed by atoms with E-state index in [0.29, 0.717) is 30.3 Å². The van der Waals surface area contributed by atoms with E-state index < -0.39 is 6.04 Å². The number of benzene rings is 3. The van der Waals surface area contributed by atoms with Crippen LogP contribution < -0.4 is 5.32 Å². The molecule has 0 bridgehead atoms. The Kier molecular flexibility index (Phi) is 10.5. The predicted octanol–water partition coefficient (Wildman–Crippen LogP) is 6.11. The highest BCUT2D eigenvalue weighted by molar-refractivity contribution is 9.10. The lowest BCUT2D eigenvalue weighted by atomic mass is 10.0. The molecule has 7 heteroatoms. The first kappa shape index (κ1) is 26.3. The fourth-order valence-corrected chi connectivity index (χ4v) is 4.95. The van der Waals surface area contributed by atoms with Crippen molar-refractivity contribution < 1.29 is 9.59 Å². The zero-order chi connectivity index (χ0) is 24.3. The van der Waals surface area contributed by atoms with Crippen molar-refractivity contribution in [1.82, 2.24) is 10.2 Å². The molecule has 0 aromatic heterocycles. The maximum absolute atomic E-state index is 13.5. The van der Waals surface area contributed by atoms with Crippen molar-refractivity contribution >= 4 is 51.1 Å². The summed E-state index contributed by atoms with van der Waals surface area (Å²) in [6.45, 7) is 2.70. The molecule has 0 heterocycles. The van der Waals surface area contributed by atoms with Gasteiger partial charge in [-0.15, -0.1) is 11.8 Å². The van der Waals surface area contributed by atoms with Gasteiger partial charge in [-0.25, -0.2) is 0 Å². The molecule has 3 aromatic carbocycles. The maximum Gasteiger partial charge on any atom is 0.243 e. The second kappa shape index (κ2) is 13.6. The van der Waals surface area contributed by atoms with Crippen LogP contribution in [0.2, 0.25) is 5.02 Å². The number of rotatable bonds is 11. The molecular formula is C27H28BrClN2O2S. The molecule has 0 saturated carbocycles. The Labute approximate surface area is 219 Å². The molecule has 0 aliphatic heterocycles. The van der Waals surface area contributed by atoms with Gasteiger partial charge in [-0.3, -0.25) is 9.59 Å². The van der Waals surface area contributed by atoms with E-state index in [1.807, 2.05) is 79.7 Å². The van der Waals surface area contributed by atoms with E-state index in [0.717, 1.165) is 21.2 Å². The Balaban J connectivity index is 1.81. The van der Waals surface area contributed by atoms with Crippen molar-refractivity contribution in [3.05, 3.63) is 105 Å². The first-order valence-electron chi connectivity index (χ1n) is 11.1. The van der Waals surface area contributed by atoms with Gasteiger partial charge in [-0.1, -0.05) is 82.1 Å². The Hall–Kier alpha value is -2.28. The maximum atomic E-state index is 13.5. The van der Waals surface area contributed by atoms with Crippen molar-refractivity contribution in [1.29, 1.82) is 0 Å². The Bertz CT molecular complexity index is 1080. The van der Waals surface area contributed by atoms with Crippen LogP contribution in [0, 0.1) is 0 Å². The van der Waals surface area contributed by atoms with Gasteiger partial charge >= 0.3 is 0 Å². The van der Waals surface area contributed by atoms with E-state index >= 15 is 0 Å². The molecule has 0 radical (unpaired) electrons. The zero-order valence-corrected chi connectivity index (χ0v) is 22.2. The highest BCUT2D eigenvalue weighted by Gasteiger charge is 2.30. The lowest BCUT2D eigenvalue weighted by Gasteiger charge is -2.31. The number of carbonyl (C=O) groups excluding carboxylic acids is 2. The van der Waals surface area contributed by atoms with Gasteiger partial charge < -0.3 is 10.2 Å². The van der Waals surface area contributed by atoms with Crippen molar-refractivity contribution in [2.24, 2.45) is 0 Å². The number of nitrogens with one attached hydrogen (secondary N) is 1. The van der Waals surface area contributed by atoms with Gasteiger partial charge in [0.1, 0.15) is 6.04 Å². The number of amides is 2. The molecule has 1 N–H and O–H groups in total. The van der Waals surface area contributed by atoms with Crippen molar-refractivity contribution in [3.8, 4) is 0 Å². The van der Waals surface area contributed by atoms with Gasteiger partial charge in [0.25, 0.3) is 0 Å². The molecule has 0 aliphatic rings. The van der Waals surface area contributed by atoms with Crippen LogP contribution in [-0.2, 0) is 28.3 Å². The molecule has 2 amide bonds. The van der Waals surface area contributed by atoms with Crippen LogP contribution in [0.15, 0.2) is 83.3 Å². The average Bonchev–Trinajstić information content (AvgIpc) is 2.83. The highest BCUT2D eigenvalue weighted by atomic mass is 79.9. The number of carbonyl (C=O) groups is 2. The minimum absolute atomic E-state index is 0.0747. The van der Waals surface area contributed by atoms with Gasteiger partial charge in [0.2, 0.25) is 11.8 Å². The number of likely N-dealkylation sites (N-methyl/N-ethyl adjacent to an activating group) is 1. The minimum Gasteiger partial charge on any atom is -0.355 e. The van der Waals surface area contributed by atoms with Gasteiger partial charge in [0.05, 0.1) is 5.75 Å². The standard InChI is InChI=1S/C27H28BrClN2O2S/c1-2-30-27(33)25(16-20-7-4-3-5-8-20)31(17-22-9-6-10-24(29)15-22)26(32)19-34-18-21-11-13-23(28)14-12-21/h3-15,25H,2,16-19H2,1H3,(H,30,33). The molecule has 0 aliphatic carbocycles. The Morgan fingerprint density at radius 2 is 1.68 bits per heavy atom. The normalized spacial score (nSPS) is 11.6. The molecule has 0 spiro atoms. The molecule has 3 rings (SSSR count). The van der Waals surface area contributed by atoms with Crippen molar-refractivity contribution in [2.75, 3.05) is 12.3 Å². The topological polar surface area (TPSA) is 49.4 Å². The average molecular weight is 560 g/mol. The first-order valence-corrected chi connectivity index (χ1v) is 13.5. The SMILES string of the molecule is CCNC(=O)C(Cc1ccccc1)N(Cc1cccc(Cl)c1)C(=O)CSCc1ccc(Br)cc1. The number of nitrogens with zero attached hydrogens (tertiary/aromatic N) is 1. The fourth-order valence-electron chi connectivity index (χ4n) is 3.60. The number of thioether (sulfide) groups is 1. The summed E-state index contributed by atoms with van der Waals surface area (Å²) in [4.78, 5) is 28.3. The van der Waals surface area contributed by atoms with Crippen LogP contribution in [-0.4, -0.2) is 35.1 Å². The number of halogens is 2. The van der Waals surface area contributed by atoms with E-state index in [9.17, 15) is 9.59 Å². The van der Waals surface area contributed by atoms with Crippen LogP contribution in [0.4, 0.5) is 0 Å². The highest BCUT2D eigenvalue weighted by Crippen LogP contribution is 2.20. The smallest absolute Gasteiger partial charge is 0.243 e. The molecule has 4 nitrogen and oxygen atoms in total. The second-order valence-electron chi connectivity index (χ2n) is 7.87. The van der Waals surface area contributed by atoms with Gasteiger partial charge in [-0.2, -0.15) is 0 Å². The lowest BCUT2D eigenvalue weighted by molar-refractivity contribution is -0.139. The minimum atomic E-state index is -0.623. The van der Waals surface area contributed by atoms with Gasteiger partial charge in [-0.05, 0) is 47.9 Å². The summed E-state index contributed by atoms with van der Waals surface area (Å²) in [5.41, 5.74) is 3.04. The second-order valence-corrected chi connectivity index (χ2v) is 10.2. The number of hydrogen-bond donors (Lipinski definition) is 1. The van der Waals surface area contributed by atoms with E-state index in [1.54, 1.807) is 22.7 Å². The summed E-state index contributed by atoms with van der Waals surface area (Å²) in [6.07, 6.45) is 0.441. The predicted molar refractivity (Wildman–Crippen MR) is 145 cm³/mol. The van der Waals surface area contributed by atoms with E-state index in [-0.39, 0.29) is 17.6 Å². The summed E-state index contributed by atoms with van der Waals surface area (Å²) < 4.78 is 1.02. The number of hydrogen-bond acceptors (Lipinski definition) is 3. The quantitative estimate of drug-likeness (QED) is 0.308. The summed E-state index contributed by atoms with van der Waals surface area (Å²) >= 11 is 11.2. The molecule has 1 unspecified atom stereocenters. The van der Waals surface area contributed by atoms with Crippen LogP contribution in [0.25, 0.3) is 0 Å². The third-order valence-electron chi connectivity index (χ3n) is 5.27. The summed E-state index contributed by atoms with van der Waals surface area (Å²) in [7, 11) is 0. The molecule has 0 fully saturated rings. The lowest BCUT2D eigenvalue weighted by Crippen LogP contribution is -2.51. The largest absolute Gasteiger partial charge is 0.355 e. The zero-order valence-electron chi connectivity index (χ0n) is 19.0. The third kappa shape index (κ3) is 8.19. The monoisotopic (exact) mass is 558 g/mol. The molecule has 1 atom stereocenters. The molecule has 34 heavy (non-hydrogen) atoms. The Morgan fingerprint density at radius 1 is 0.971 bits per heavy atom. The van der Waals surface area contributed by atoms with E-state index in [1.165, 1.54) is 0 Å². The first-order chi connectivity index (χ1) is 16.5. The van der Waals surface area contributed by atoms with E-state index in [4.69, 9.17) is 11.6 Å². The van der Waals surface area contributed by atoms with Crippen LogP contribution in [0.3, 0.4) is 0 Å². The van der Waals surface area contributed by atoms with Crippen molar-refractivity contribution in [3.63, 3.8) is 0 Å². The molecule has 0 saturated heterocycles. The van der Waals surface area contributed by atoms with Crippen molar-refractivity contribution in [2.45, 2.75) is 31.7 Å².